The summed E-state index contributed by atoms with van der Waals surface area (Å²) in [6.45, 7) is 3.64. The Bertz CT molecular complexity index is 543. The molecule has 4 heteroatoms. The summed E-state index contributed by atoms with van der Waals surface area (Å²) in [5.41, 5.74) is 1.73. The number of carbonyl (C=O) groups is 2. The van der Waals surface area contributed by atoms with Crippen molar-refractivity contribution in [2.24, 2.45) is 0 Å². The van der Waals surface area contributed by atoms with Gasteiger partial charge in [-0.25, -0.2) is 0 Å². The molecule has 0 bridgehead atoms. The van der Waals surface area contributed by atoms with Crippen LogP contribution in [0.2, 0.25) is 0 Å². The van der Waals surface area contributed by atoms with E-state index in [1.165, 1.54) is 0 Å². The average molecular weight is 228 g/mol. The SMILES string of the molecule is CCC(C#N)N1C(=O)c2ccc(C)cc2C1=O. The zero-order valence-electron chi connectivity index (χ0n) is 9.73. The lowest BCUT2D eigenvalue weighted by Gasteiger charge is -2.18. The van der Waals surface area contributed by atoms with Gasteiger partial charge in [-0.05, 0) is 25.5 Å². The topological polar surface area (TPSA) is 61.2 Å². The predicted molar refractivity (Wildman–Crippen MR) is 61.4 cm³/mol. The second-order valence-electron chi connectivity index (χ2n) is 4.08. The Kier molecular flexibility index (Phi) is 2.68. The van der Waals surface area contributed by atoms with E-state index in [9.17, 15) is 9.59 Å². The Morgan fingerprint density at radius 1 is 1.29 bits per heavy atom. The first-order valence-electron chi connectivity index (χ1n) is 5.48. The molecule has 1 aliphatic rings. The molecule has 1 atom stereocenters. The second-order valence-corrected chi connectivity index (χ2v) is 4.08. The smallest absolute Gasteiger partial charge is 0.262 e. The Morgan fingerprint density at radius 2 is 1.94 bits per heavy atom. The summed E-state index contributed by atoms with van der Waals surface area (Å²) in [5.74, 6) is -0.722. The number of rotatable bonds is 2. The maximum absolute atomic E-state index is 12.1. The van der Waals surface area contributed by atoms with Crippen LogP contribution in [0.25, 0.3) is 0 Å². The van der Waals surface area contributed by atoms with Crippen LogP contribution >= 0.6 is 0 Å². The Hall–Kier alpha value is -2.15. The van der Waals surface area contributed by atoms with Crippen molar-refractivity contribution in [1.82, 2.24) is 4.90 Å². The van der Waals surface area contributed by atoms with Crippen molar-refractivity contribution < 1.29 is 9.59 Å². The molecule has 4 nitrogen and oxygen atoms in total. The molecule has 0 spiro atoms. The molecule has 2 rings (SSSR count). The minimum absolute atomic E-state index is 0.359. The number of benzene rings is 1. The molecular weight excluding hydrogens is 216 g/mol. The van der Waals surface area contributed by atoms with Crippen molar-refractivity contribution in [3.05, 3.63) is 34.9 Å². The lowest BCUT2D eigenvalue weighted by molar-refractivity contribution is 0.0616. The fraction of sp³-hybridized carbons (Fsp3) is 0.308. The van der Waals surface area contributed by atoms with Crippen molar-refractivity contribution in [2.75, 3.05) is 0 Å². The number of fused-ring (bicyclic) bond motifs is 1. The molecule has 0 saturated heterocycles. The van der Waals surface area contributed by atoms with Crippen LogP contribution in [-0.4, -0.2) is 22.8 Å². The van der Waals surface area contributed by atoms with Gasteiger partial charge in [0.05, 0.1) is 17.2 Å². The summed E-state index contributed by atoms with van der Waals surface area (Å²) in [5, 5.41) is 8.96. The first kappa shape index (κ1) is 11.3. The van der Waals surface area contributed by atoms with Gasteiger partial charge in [0.2, 0.25) is 0 Å². The standard InChI is InChI=1S/C13H12N2O2/c1-3-9(7-14)15-12(16)10-5-4-8(2)6-11(10)13(15)17/h4-6,9H,3H2,1-2H3. The van der Waals surface area contributed by atoms with E-state index in [4.69, 9.17) is 5.26 Å². The highest BCUT2D eigenvalue weighted by Crippen LogP contribution is 2.26. The number of amides is 2. The molecule has 1 aromatic rings. The Balaban J connectivity index is 2.50. The number of hydrogen-bond donors (Lipinski definition) is 0. The van der Waals surface area contributed by atoms with E-state index >= 15 is 0 Å². The van der Waals surface area contributed by atoms with Gasteiger partial charge in [0, 0.05) is 0 Å². The van der Waals surface area contributed by atoms with E-state index in [1.54, 1.807) is 25.1 Å². The molecule has 0 saturated carbocycles. The number of nitrogens with zero attached hydrogens (tertiary/aromatic N) is 2. The fourth-order valence-electron chi connectivity index (χ4n) is 1.99. The van der Waals surface area contributed by atoms with Crippen LogP contribution in [0.1, 0.15) is 39.6 Å². The molecule has 0 aromatic heterocycles. The molecule has 0 radical (unpaired) electrons. The van der Waals surface area contributed by atoms with E-state index in [0.29, 0.717) is 17.5 Å². The van der Waals surface area contributed by atoms with Crippen molar-refractivity contribution in [2.45, 2.75) is 26.3 Å². The van der Waals surface area contributed by atoms with Crippen molar-refractivity contribution in [3.8, 4) is 6.07 Å². The first-order chi connectivity index (χ1) is 8.10. The van der Waals surface area contributed by atoms with Crippen LogP contribution in [0.5, 0.6) is 0 Å². The van der Waals surface area contributed by atoms with E-state index < -0.39 is 6.04 Å². The highest BCUT2D eigenvalue weighted by atomic mass is 16.2. The molecule has 1 aromatic carbocycles. The molecule has 1 unspecified atom stereocenters. The molecule has 86 valence electrons. The highest BCUT2D eigenvalue weighted by molar-refractivity contribution is 6.21. The van der Waals surface area contributed by atoms with Gasteiger partial charge in [0.15, 0.2) is 0 Å². The van der Waals surface area contributed by atoms with Gasteiger partial charge in [0.1, 0.15) is 6.04 Å². The van der Waals surface area contributed by atoms with Crippen LogP contribution < -0.4 is 0 Å². The van der Waals surface area contributed by atoms with Crippen LogP contribution in [0.3, 0.4) is 0 Å². The fourth-order valence-corrected chi connectivity index (χ4v) is 1.99. The minimum Gasteiger partial charge on any atom is -0.269 e. The molecule has 0 N–H and O–H groups in total. The molecule has 17 heavy (non-hydrogen) atoms. The number of aryl methyl sites for hydroxylation is 1. The second kappa shape index (κ2) is 4.02. The largest absolute Gasteiger partial charge is 0.269 e. The van der Waals surface area contributed by atoms with Gasteiger partial charge in [0.25, 0.3) is 11.8 Å². The zero-order valence-corrected chi connectivity index (χ0v) is 9.73. The summed E-state index contributed by atoms with van der Waals surface area (Å²) in [6, 6.07) is 6.44. The van der Waals surface area contributed by atoms with Crippen LogP contribution in [0.15, 0.2) is 18.2 Å². The Morgan fingerprint density at radius 3 is 2.53 bits per heavy atom. The summed E-state index contributed by atoms with van der Waals surface area (Å²) in [7, 11) is 0. The lowest BCUT2D eigenvalue weighted by Crippen LogP contribution is -2.38. The van der Waals surface area contributed by atoms with Crippen molar-refractivity contribution >= 4 is 11.8 Å². The van der Waals surface area contributed by atoms with Gasteiger partial charge >= 0.3 is 0 Å². The third-order valence-corrected chi connectivity index (χ3v) is 2.92. The van der Waals surface area contributed by atoms with Crippen molar-refractivity contribution in [3.63, 3.8) is 0 Å². The van der Waals surface area contributed by atoms with Gasteiger partial charge < -0.3 is 0 Å². The quantitative estimate of drug-likeness (QED) is 0.726. The first-order valence-corrected chi connectivity index (χ1v) is 5.48. The number of imide groups is 1. The maximum Gasteiger partial charge on any atom is 0.262 e. The van der Waals surface area contributed by atoms with Crippen LogP contribution in [-0.2, 0) is 0 Å². The van der Waals surface area contributed by atoms with Crippen molar-refractivity contribution in [1.29, 1.82) is 5.26 Å². The van der Waals surface area contributed by atoms with E-state index in [1.807, 2.05) is 13.0 Å². The normalized spacial score (nSPS) is 15.7. The lowest BCUT2D eigenvalue weighted by atomic mass is 10.1. The van der Waals surface area contributed by atoms with E-state index in [0.717, 1.165) is 10.5 Å². The monoisotopic (exact) mass is 228 g/mol. The van der Waals surface area contributed by atoms with Crippen LogP contribution in [0, 0.1) is 18.3 Å². The molecule has 0 fully saturated rings. The molecular formula is C13H12N2O2. The van der Waals surface area contributed by atoms with Gasteiger partial charge in [-0.1, -0.05) is 18.6 Å². The number of carbonyl (C=O) groups excluding carboxylic acids is 2. The third-order valence-electron chi connectivity index (χ3n) is 2.92. The average Bonchev–Trinajstić information content (AvgIpc) is 2.56. The molecule has 1 heterocycles. The predicted octanol–water partition coefficient (Wildman–Crippen LogP) is 1.89. The number of hydrogen-bond acceptors (Lipinski definition) is 3. The number of nitriles is 1. The van der Waals surface area contributed by atoms with Gasteiger partial charge in [-0.3, -0.25) is 14.5 Å². The summed E-state index contributed by atoms with van der Waals surface area (Å²) in [4.78, 5) is 25.2. The summed E-state index contributed by atoms with van der Waals surface area (Å²) >= 11 is 0. The molecule has 2 amide bonds. The minimum atomic E-state index is -0.678. The van der Waals surface area contributed by atoms with E-state index in [-0.39, 0.29) is 11.8 Å². The van der Waals surface area contributed by atoms with E-state index in [2.05, 4.69) is 0 Å². The highest BCUT2D eigenvalue weighted by Gasteiger charge is 2.39. The van der Waals surface area contributed by atoms with Gasteiger partial charge in [-0.2, -0.15) is 5.26 Å². The van der Waals surface area contributed by atoms with Gasteiger partial charge in [-0.15, -0.1) is 0 Å². The molecule has 1 aliphatic heterocycles. The molecule has 0 aliphatic carbocycles. The Labute approximate surface area is 99.5 Å². The zero-order chi connectivity index (χ0) is 12.6. The maximum atomic E-state index is 12.1. The third kappa shape index (κ3) is 1.60. The van der Waals surface area contributed by atoms with Crippen LogP contribution in [0.4, 0.5) is 0 Å². The summed E-state index contributed by atoms with van der Waals surface area (Å²) in [6.07, 6.45) is 0.445. The summed E-state index contributed by atoms with van der Waals surface area (Å²) < 4.78 is 0.